The minimum atomic E-state index is -0.519. The molecule has 0 radical (unpaired) electrons. The molecule has 1 rings (SSSR count). The third-order valence-corrected chi connectivity index (χ3v) is 4.29. The van der Waals surface area contributed by atoms with Crippen LogP contribution < -0.4 is 11.0 Å². The topological polar surface area (TPSA) is 87.4 Å². The summed E-state index contributed by atoms with van der Waals surface area (Å²) >= 11 is 0. The van der Waals surface area contributed by atoms with Crippen molar-refractivity contribution in [2.24, 2.45) is 5.92 Å². The van der Waals surface area contributed by atoms with Crippen LogP contribution in [0, 0.1) is 5.92 Å². The fourth-order valence-electron chi connectivity index (χ4n) is 3.02. The van der Waals surface area contributed by atoms with Crippen LogP contribution in [0.25, 0.3) is 5.70 Å². The van der Waals surface area contributed by atoms with Gasteiger partial charge in [0.15, 0.2) is 0 Å². The highest BCUT2D eigenvalue weighted by atomic mass is 16.6. The van der Waals surface area contributed by atoms with Crippen LogP contribution in [0.2, 0.25) is 0 Å². The summed E-state index contributed by atoms with van der Waals surface area (Å²) in [6.07, 6.45) is 4.90. The first kappa shape index (κ1) is 24.7. The van der Waals surface area contributed by atoms with Gasteiger partial charge in [-0.2, -0.15) is 5.10 Å². The van der Waals surface area contributed by atoms with Crippen LogP contribution in [-0.4, -0.2) is 45.3 Å². The molecule has 2 atom stereocenters. The van der Waals surface area contributed by atoms with Gasteiger partial charge in [-0.15, -0.1) is 0 Å². The van der Waals surface area contributed by atoms with E-state index in [1.807, 2.05) is 54.5 Å². The number of amides is 1. The molecule has 0 fully saturated rings. The van der Waals surface area contributed by atoms with E-state index in [1.165, 1.54) is 15.6 Å². The second-order valence-electron chi connectivity index (χ2n) is 8.24. The number of hydrogen-bond donors (Lipinski definition) is 1. The van der Waals surface area contributed by atoms with E-state index < -0.39 is 11.7 Å². The van der Waals surface area contributed by atoms with Crippen LogP contribution in [0.5, 0.6) is 0 Å². The van der Waals surface area contributed by atoms with E-state index in [1.54, 1.807) is 6.08 Å². The van der Waals surface area contributed by atoms with Gasteiger partial charge in [0.1, 0.15) is 11.9 Å². The summed E-state index contributed by atoms with van der Waals surface area (Å²) in [5.74, 6) is 0.142. The molecule has 1 N–H and O–H groups in total. The lowest BCUT2D eigenvalue weighted by Gasteiger charge is -2.27. The number of hydrogen-bond acceptors (Lipinski definition) is 5. The standard InChI is InChI=1S/C21H36N4O4/c1-9-17(10-2)24-14-23-25(20(24)27)18(15(3)4)16(5)28-13-11-12-22-19(26)29-21(6,7)8/h9-10,14-16,18H,1,11-13H2,2-8H3,(H,22,26). The van der Waals surface area contributed by atoms with Crippen LogP contribution in [0.1, 0.15) is 60.9 Å². The van der Waals surface area contributed by atoms with E-state index in [0.717, 1.165) is 0 Å². The zero-order valence-electron chi connectivity index (χ0n) is 18.8. The van der Waals surface area contributed by atoms with Gasteiger partial charge in [-0.3, -0.25) is 0 Å². The van der Waals surface area contributed by atoms with Gasteiger partial charge in [0.25, 0.3) is 0 Å². The van der Waals surface area contributed by atoms with Crippen LogP contribution in [0.3, 0.4) is 0 Å². The lowest BCUT2D eigenvalue weighted by Crippen LogP contribution is -2.37. The Hall–Kier alpha value is -2.35. The minimum Gasteiger partial charge on any atom is -0.444 e. The monoisotopic (exact) mass is 408 g/mol. The molecule has 0 aliphatic rings. The lowest BCUT2D eigenvalue weighted by molar-refractivity contribution is 0.00805. The van der Waals surface area contributed by atoms with Crippen molar-refractivity contribution in [1.82, 2.24) is 19.7 Å². The average molecular weight is 409 g/mol. The Kier molecular flexibility index (Phi) is 9.36. The zero-order valence-corrected chi connectivity index (χ0v) is 18.8. The third-order valence-electron chi connectivity index (χ3n) is 4.29. The Morgan fingerprint density at radius 2 is 2.00 bits per heavy atom. The predicted molar refractivity (Wildman–Crippen MR) is 115 cm³/mol. The van der Waals surface area contributed by atoms with E-state index in [4.69, 9.17) is 9.47 Å². The molecule has 29 heavy (non-hydrogen) atoms. The van der Waals surface area contributed by atoms with Crippen molar-refractivity contribution >= 4 is 11.8 Å². The molecule has 0 spiro atoms. The summed E-state index contributed by atoms with van der Waals surface area (Å²) in [6, 6.07) is -0.217. The Labute approximate surface area is 173 Å². The molecule has 0 aliphatic heterocycles. The van der Waals surface area contributed by atoms with E-state index in [2.05, 4.69) is 17.0 Å². The molecule has 1 aromatic heterocycles. The maximum atomic E-state index is 12.8. The fraction of sp³-hybridized carbons (Fsp3) is 0.667. The number of alkyl carbamates (subject to hydrolysis) is 1. The molecule has 1 heterocycles. The van der Waals surface area contributed by atoms with Gasteiger partial charge >= 0.3 is 11.8 Å². The second-order valence-corrected chi connectivity index (χ2v) is 8.24. The predicted octanol–water partition coefficient (Wildman–Crippen LogP) is 3.61. The first-order chi connectivity index (χ1) is 13.5. The van der Waals surface area contributed by atoms with Crippen molar-refractivity contribution in [2.45, 2.75) is 72.6 Å². The fourth-order valence-corrected chi connectivity index (χ4v) is 3.02. The van der Waals surface area contributed by atoms with Gasteiger partial charge in [0.2, 0.25) is 0 Å². The molecule has 0 aliphatic carbocycles. The number of carbonyl (C=O) groups is 1. The molecule has 8 heteroatoms. The van der Waals surface area contributed by atoms with Crippen molar-refractivity contribution in [3.63, 3.8) is 0 Å². The molecule has 0 saturated heterocycles. The van der Waals surface area contributed by atoms with E-state index in [-0.39, 0.29) is 23.8 Å². The first-order valence-electron chi connectivity index (χ1n) is 10.1. The molecule has 164 valence electrons. The number of aromatic nitrogens is 3. The molecule has 8 nitrogen and oxygen atoms in total. The molecule has 0 saturated carbocycles. The summed E-state index contributed by atoms with van der Waals surface area (Å²) < 4.78 is 14.1. The van der Waals surface area contributed by atoms with Crippen LogP contribution in [-0.2, 0) is 9.47 Å². The van der Waals surface area contributed by atoms with Crippen molar-refractivity contribution in [3.05, 3.63) is 35.5 Å². The maximum absolute atomic E-state index is 12.8. The normalized spacial score (nSPS) is 14.6. The number of allylic oxidation sites excluding steroid dienone is 3. The number of rotatable bonds is 10. The summed E-state index contributed by atoms with van der Waals surface area (Å²) in [5.41, 5.74) is -0.0569. The molecule has 0 bridgehead atoms. The van der Waals surface area contributed by atoms with Crippen LogP contribution in [0.4, 0.5) is 4.79 Å². The van der Waals surface area contributed by atoms with E-state index in [0.29, 0.717) is 25.3 Å². The van der Waals surface area contributed by atoms with Crippen LogP contribution >= 0.6 is 0 Å². The number of nitrogens with one attached hydrogen (secondary N) is 1. The van der Waals surface area contributed by atoms with Gasteiger partial charge in [0.05, 0.1) is 12.1 Å². The van der Waals surface area contributed by atoms with Gasteiger partial charge < -0.3 is 14.8 Å². The highest BCUT2D eigenvalue weighted by molar-refractivity contribution is 5.67. The van der Waals surface area contributed by atoms with E-state index >= 15 is 0 Å². The maximum Gasteiger partial charge on any atom is 0.407 e. The molecule has 2 unspecified atom stereocenters. The van der Waals surface area contributed by atoms with Crippen molar-refractivity contribution in [1.29, 1.82) is 0 Å². The summed E-state index contributed by atoms with van der Waals surface area (Å²) in [4.78, 5) is 24.4. The Bertz CT molecular complexity index is 755. The van der Waals surface area contributed by atoms with Crippen molar-refractivity contribution in [2.75, 3.05) is 13.2 Å². The molecule has 0 aromatic carbocycles. The third kappa shape index (κ3) is 7.53. The van der Waals surface area contributed by atoms with Crippen molar-refractivity contribution < 1.29 is 14.3 Å². The quantitative estimate of drug-likeness (QED) is 0.472. The highest BCUT2D eigenvalue weighted by Gasteiger charge is 2.27. The second kappa shape index (κ2) is 11.0. The largest absolute Gasteiger partial charge is 0.444 e. The van der Waals surface area contributed by atoms with Gasteiger partial charge in [-0.25, -0.2) is 18.8 Å². The number of carbonyl (C=O) groups excluding carboxylic acids is 1. The average Bonchev–Trinajstić information content (AvgIpc) is 2.96. The molecular formula is C21H36N4O4. The molecule has 1 aromatic rings. The number of ether oxygens (including phenoxy) is 2. The smallest absolute Gasteiger partial charge is 0.407 e. The first-order valence-corrected chi connectivity index (χ1v) is 10.1. The number of nitrogens with zero attached hydrogens (tertiary/aromatic N) is 3. The Morgan fingerprint density at radius 1 is 1.34 bits per heavy atom. The Morgan fingerprint density at radius 3 is 2.52 bits per heavy atom. The Balaban J connectivity index is 2.67. The summed E-state index contributed by atoms with van der Waals surface area (Å²) in [5, 5.41) is 7.01. The van der Waals surface area contributed by atoms with Crippen molar-refractivity contribution in [3.8, 4) is 0 Å². The van der Waals surface area contributed by atoms with E-state index in [9.17, 15) is 9.59 Å². The van der Waals surface area contributed by atoms with Crippen LogP contribution in [0.15, 0.2) is 29.9 Å². The minimum absolute atomic E-state index is 0.142. The van der Waals surface area contributed by atoms with Gasteiger partial charge in [0, 0.05) is 18.8 Å². The summed E-state index contributed by atoms with van der Waals surface area (Å²) in [7, 11) is 0. The zero-order chi connectivity index (χ0) is 22.2. The highest BCUT2D eigenvalue weighted by Crippen LogP contribution is 2.22. The van der Waals surface area contributed by atoms with Gasteiger partial charge in [-0.05, 0) is 53.0 Å². The SMILES string of the molecule is C=CC(=CC)n1cnn(C(C(C)C)C(C)OCCCNC(=O)OC(C)(C)C)c1=O. The molecular weight excluding hydrogens is 372 g/mol. The molecule has 1 amide bonds. The lowest BCUT2D eigenvalue weighted by atomic mass is 10.00. The van der Waals surface area contributed by atoms with Gasteiger partial charge in [-0.1, -0.05) is 26.5 Å². The summed E-state index contributed by atoms with van der Waals surface area (Å²) in [6.45, 7) is 17.9.